The second-order valence-corrected chi connectivity index (χ2v) is 5.58. The molecule has 1 N–H and O–H groups in total. The molecule has 0 aromatic rings. The van der Waals surface area contributed by atoms with Crippen molar-refractivity contribution in [2.24, 2.45) is 0 Å². The van der Waals surface area contributed by atoms with E-state index in [2.05, 4.69) is 4.90 Å². The normalized spacial score (nSPS) is 24.3. The number of hydrogen-bond acceptors (Lipinski definition) is 1. The molecule has 2 nitrogen and oxygen atoms in total. The third-order valence-corrected chi connectivity index (χ3v) is 4.32. The number of hydrogen-bond donors (Lipinski definition) is 1. The van der Waals surface area contributed by atoms with Gasteiger partial charge in [0.15, 0.2) is 0 Å². The van der Waals surface area contributed by atoms with Gasteiger partial charge in [-0.25, -0.2) is 0 Å². The lowest BCUT2D eigenvalue weighted by atomic mass is 9.88. The molecule has 2 heteroatoms. The van der Waals surface area contributed by atoms with Gasteiger partial charge in [0.05, 0.1) is 5.84 Å². The molecule has 0 amide bonds. The average molecular weight is 222 g/mol. The Hall–Kier alpha value is -0.530. The number of nitrogens with one attached hydrogen (secondary N) is 1. The Morgan fingerprint density at radius 3 is 1.50 bits per heavy atom. The maximum Gasteiger partial charge on any atom is 0.0930 e. The van der Waals surface area contributed by atoms with Gasteiger partial charge < -0.3 is 4.90 Å². The number of amidine groups is 1. The van der Waals surface area contributed by atoms with Gasteiger partial charge in [-0.15, -0.1) is 0 Å². The zero-order valence-electron chi connectivity index (χ0n) is 10.7. The van der Waals surface area contributed by atoms with Crippen LogP contribution >= 0.6 is 0 Å². The third-order valence-electron chi connectivity index (χ3n) is 4.32. The van der Waals surface area contributed by atoms with Crippen LogP contribution in [0.3, 0.4) is 0 Å². The van der Waals surface area contributed by atoms with Gasteiger partial charge in [0.1, 0.15) is 0 Å². The molecular weight excluding hydrogens is 196 g/mol. The van der Waals surface area contributed by atoms with E-state index in [0.717, 1.165) is 5.84 Å². The summed E-state index contributed by atoms with van der Waals surface area (Å²) in [6.07, 6.45) is 13.6. The summed E-state index contributed by atoms with van der Waals surface area (Å²) in [4.78, 5) is 2.47. The molecule has 0 heterocycles. The molecule has 2 saturated carbocycles. The molecular formula is C14H26N2. The van der Waals surface area contributed by atoms with E-state index < -0.39 is 0 Å². The van der Waals surface area contributed by atoms with E-state index in [1.807, 2.05) is 6.92 Å². The van der Waals surface area contributed by atoms with E-state index in [-0.39, 0.29) is 0 Å². The zero-order valence-corrected chi connectivity index (χ0v) is 10.7. The Labute approximate surface area is 99.9 Å². The second kappa shape index (κ2) is 5.70. The molecule has 0 aromatic heterocycles. The summed E-state index contributed by atoms with van der Waals surface area (Å²) in [7, 11) is 0. The molecule has 16 heavy (non-hydrogen) atoms. The standard InChI is InChI=1S/C14H26N2/c1-12(15)16(13-8-4-2-5-9-13)14-10-6-3-7-11-14/h13-15H,2-11H2,1H3. The quantitative estimate of drug-likeness (QED) is 0.556. The lowest BCUT2D eigenvalue weighted by Crippen LogP contribution is -2.47. The molecule has 0 aromatic carbocycles. The molecule has 2 rings (SSSR count). The van der Waals surface area contributed by atoms with Crippen molar-refractivity contribution in [3.8, 4) is 0 Å². The number of rotatable bonds is 2. The summed E-state index contributed by atoms with van der Waals surface area (Å²) >= 11 is 0. The van der Waals surface area contributed by atoms with Crippen molar-refractivity contribution in [3.63, 3.8) is 0 Å². The smallest absolute Gasteiger partial charge is 0.0930 e. The van der Waals surface area contributed by atoms with Crippen LogP contribution in [0.25, 0.3) is 0 Å². The van der Waals surface area contributed by atoms with E-state index >= 15 is 0 Å². The highest BCUT2D eigenvalue weighted by Gasteiger charge is 2.28. The Morgan fingerprint density at radius 2 is 1.19 bits per heavy atom. The minimum absolute atomic E-state index is 0.689. The first kappa shape index (κ1) is 11.9. The fourth-order valence-corrected chi connectivity index (χ4v) is 3.56. The van der Waals surface area contributed by atoms with Crippen molar-refractivity contribution in [2.75, 3.05) is 0 Å². The van der Waals surface area contributed by atoms with Crippen molar-refractivity contribution in [1.29, 1.82) is 5.41 Å². The molecule has 0 saturated heterocycles. The van der Waals surface area contributed by atoms with Crippen molar-refractivity contribution >= 4 is 5.84 Å². The average Bonchev–Trinajstić information content (AvgIpc) is 2.31. The Morgan fingerprint density at radius 1 is 0.812 bits per heavy atom. The predicted molar refractivity (Wildman–Crippen MR) is 69.0 cm³/mol. The maximum absolute atomic E-state index is 8.05. The topological polar surface area (TPSA) is 27.1 Å². The van der Waals surface area contributed by atoms with Crippen LogP contribution in [0.1, 0.15) is 71.1 Å². The molecule has 0 unspecified atom stereocenters. The van der Waals surface area contributed by atoms with Crippen LogP contribution in [-0.2, 0) is 0 Å². The van der Waals surface area contributed by atoms with Gasteiger partial charge in [-0.1, -0.05) is 38.5 Å². The summed E-state index contributed by atoms with van der Waals surface area (Å²) in [5, 5.41) is 8.05. The summed E-state index contributed by atoms with van der Waals surface area (Å²) < 4.78 is 0. The van der Waals surface area contributed by atoms with Crippen LogP contribution in [0, 0.1) is 5.41 Å². The largest absolute Gasteiger partial charge is 0.355 e. The van der Waals surface area contributed by atoms with Crippen LogP contribution in [0.15, 0.2) is 0 Å². The Balaban J connectivity index is 1.99. The van der Waals surface area contributed by atoms with Gasteiger partial charge >= 0.3 is 0 Å². The fourth-order valence-electron chi connectivity index (χ4n) is 3.56. The Kier molecular flexibility index (Phi) is 4.25. The Bertz CT molecular complexity index is 207. The second-order valence-electron chi connectivity index (χ2n) is 5.58. The molecule has 0 bridgehead atoms. The van der Waals surface area contributed by atoms with Gasteiger partial charge in [0.25, 0.3) is 0 Å². The molecule has 0 radical (unpaired) electrons. The van der Waals surface area contributed by atoms with Crippen molar-refractivity contribution < 1.29 is 0 Å². The molecule has 0 spiro atoms. The van der Waals surface area contributed by atoms with Crippen LogP contribution in [-0.4, -0.2) is 22.8 Å². The third kappa shape index (κ3) is 2.78. The molecule has 2 fully saturated rings. The highest BCUT2D eigenvalue weighted by atomic mass is 15.2. The zero-order chi connectivity index (χ0) is 11.4. The van der Waals surface area contributed by atoms with Gasteiger partial charge in [-0.05, 0) is 32.6 Å². The summed E-state index contributed by atoms with van der Waals surface area (Å²) in [6.45, 7) is 1.99. The first-order valence-corrected chi connectivity index (χ1v) is 7.12. The van der Waals surface area contributed by atoms with Crippen molar-refractivity contribution in [3.05, 3.63) is 0 Å². The molecule has 0 atom stereocenters. The highest BCUT2D eigenvalue weighted by molar-refractivity contribution is 5.77. The molecule has 2 aliphatic carbocycles. The minimum atomic E-state index is 0.689. The van der Waals surface area contributed by atoms with Gasteiger partial charge in [-0.2, -0.15) is 0 Å². The van der Waals surface area contributed by atoms with Crippen LogP contribution < -0.4 is 0 Å². The summed E-state index contributed by atoms with van der Waals surface area (Å²) in [5.74, 6) is 0.818. The first-order valence-electron chi connectivity index (χ1n) is 7.12. The van der Waals surface area contributed by atoms with Crippen LogP contribution in [0.4, 0.5) is 0 Å². The molecule has 92 valence electrons. The number of nitrogens with zero attached hydrogens (tertiary/aromatic N) is 1. The van der Waals surface area contributed by atoms with Crippen molar-refractivity contribution in [1.82, 2.24) is 4.90 Å². The van der Waals surface area contributed by atoms with Gasteiger partial charge in [-0.3, -0.25) is 5.41 Å². The summed E-state index contributed by atoms with van der Waals surface area (Å²) in [6, 6.07) is 1.38. The first-order chi connectivity index (χ1) is 7.79. The van der Waals surface area contributed by atoms with Crippen molar-refractivity contribution in [2.45, 2.75) is 83.2 Å². The van der Waals surface area contributed by atoms with E-state index in [4.69, 9.17) is 5.41 Å². The highest BCUT2D eigenvalue weighted by Crippen LogP contribution is 2.30. The molecule has 0 aliphatic heterocycles. The van der Waals surface area contributed by atoms with Gasteiger partial charge in [0, 0.05) is 12.1 Å². The lowest BCUT2D eigenvalue weighted by Gasteiger charge is -2.42. The summed E-state index contributed by atoms with van der Waals surface area (Å²) in [5.41, 5.74) is 0. The van der Waals surface area contributed by atoms with E-state index in [1.54, 1.807) is 0 Å². The maximum atomic E-state index is 8.05. The van der Waals surface area contributed by atoms with Gasteiger partial charge in [0.2, 0.25) is 0 Å². The monoisotopic (exact) mass is 222 g/mol. The SMILES string of the molecule is CC(=N)N(C1CCCCC1)C1CCCCC1. The van der Waals surface area contributed by atoms with Crippen LogP contribution in [0.5, 0.6) is 0 Å². The fraction of sp³-hybridized carbons (Fsp3) is 0.929. The lowest BCUT2D eigenvalue weighted by molar-refractivity contribution is 0.156. The minimum Gasteiger partial charge on any atom is -0.355 e. The van der Waals surface area contributed by atoms with Crippen LogP contribution in [0.2, 0.25) is 0 Å². The predicted octanol–water partition coefficient (Wildman–Crippen LogP) is 3.95. The van der Waals surface area contributed by atoms with E-state index in [9.17, 15) is 0 Å². The molecule has 2 aliphatic rings. The van der Waals surface area contributed by atoms with E-state index in [1.165, 1.54) is 64.2 Å². The van der Waals surface area contributed by atoms with E-state index in [0.29, 0.717) is 12.1 Å².